The third-order valence-corrected chi connectivity index (χ3v) is 12.8. The van der Waals surface area contributed by atoms with Crippen LogP contribution >= 0.6 is 23.2 Å². The number of nitrogens with zero attached hydrogens (tertiary/aromatic N) is 5. The lowest BCUT2D eigenvalue weighted by Gasteiger charge is -2.30. The van der Waals surface area contributed by atoms with E-state index in [0.29, 0.717) is 21.4 Å². The van der Waals surface area contributed by atoms with Crippen LogP contribution in [0.15, 0.2) is 259 Å². The first kappa shape index (κ1) is 42.4. The van der Waals surface area contributed by atoms with E-state index in [1.807, 2.05) is 133 Å². The maximum Gasteiger partial charge on any atom is 0.263 e. The monoisotopic (exact) mass is 913 g/mol. The van der Waals surface area contributed by atoms with Crippen LogP contribution in [0.5, 0.6) is 0 Å². The lowest BCUT2D eigenvalue weighted by Crippen LogP contribution is -2.31. The second-order valence-electron chi connectivity index (χ2n) is 16.3. The number of benzene rings is 9. The Morgan fingerprint density at radius 1 is 0.353 bits per heavy atom. The Bertz CT molecular complexity index is 3520. The van der Waals surface area contributed by atoms with Crippen molar-refractivity contribution in [3.05, 3.63) is 275 Å². The lowest BCUT2D eigenvalue weighted by molar-refractivity contribution is 0.409. The Morgan fingerprint density at radius 2 is 0.765 bits per heavy atom. The highest BCUT2D eigenvalue weighted by Gasteiger charge is 2.46. The number of hydrogen-bond acceptors (Lipinski definition) is 4. The minimum Gasteiger partial charge on any atom is -0.275 e. The van der Waals surface area contributed by atoms with Gasteiger partial charge >= 0.3 is 0 Å². The Kier molecular flexibility index (Phi) is 11.6. The molecule has 0 aliphatic carbocycles. The van der Waals surface area contributed by atoms with Crippen molar-refractivity contribution in [2.75, 3.05) is 0 Å². The van der Waals surface area contributed by atoms with Crippen LogP contribution in [0.3, 0.4) is 0 Å². The van der Waals surface area contributed by atoms with Crippen molar-refractivity contribution >= 4 is 56.4 Å². The fraction of sp³-hybridized carbons (Fsp3) is 0.0164. The Hall–Kier alpha value is -8.22. The fourth-order valence-corrected chi connectivity index (χ4v) is 9.56. The molecule has 0 amide bonds. The van der Waals surface area contributed by atoms with Crippen molar-refractivity contribution in [1.82, 2.24) is 14.5 Å². The molecule has 68 heavy (non-hydrogen) atoms. The number of fused-ring (bicyclic) bond motifs is 2. The van der Waals surface area contributed by atoms with E-state index in [1.165, 1.54) is 21.9 Å². The van der Waals surface area contributed by atoms with Crippen LogP contribution in [0.1, 0.15) is 16.7 Å². The molecule has 11 aromatic rings. The highest BCUT2D eigenvalue weighted by Crippen LogP contribution is 2.48. The van der Waals surface area contributed by atoms with Gasteiger partial charge in [-0.05, 0) is 35.9 Å². The van der Waals surface area contributed by atoms with Crippen molar-refractivity contribution in [2.24, 2.45) is 9.98 Å². The predicted octanol–water partition coefficient (Wildman–Crippen LogP) is 15.9. The van der Waals surface area contributed by atoms with E-state index < -0.39 is 5.79 Å². The van der Waals surface area contributed by atoms with Gasteiger partial charge in [0, 0.05) is 49.7 Å². The van der Waals surface area contributed by atoms with Crippen LogP contribution < -0.4 is 0 Å². The summed E-state index contributed by atoms with van der Waals surface area (Å²) in [6, 6.07) is 83.6. The molecular formula is C61H41Cl2N5. The zero-order valence-corrected chi connectivity index (χ0v) is 38.2. The third kappa shape index (κ3) is 7.88. The van der Waals surface area contributed by atoms with E-state index in [4.69, 9.17) is 43.2 Å². The molecule has 0 N–H and O–H groups in total. The summed E-state index contributed by atoms with van der Waals surface area (Å²) in [5.74, 6) is -0.790. The van der Waals surface area contributed by atoms with Gasteiger partial charge in [0.1, 0.15) is 5.82 Å². The topological polar surface area (TPSA) is 55.4 Å². The zero-order chi connectivity index (χ0) is 45.9. The molecule has 0 fully saturated rings. The number of halogens is 2. The summed E-state index contributed by atoms with van der Waals surface area (Å²) in [5.41, 5.74) is 13.0. The average Bonchev–Trinajstić information content (AvgIpc) is 4.01. The first-order valence-corrected chi connectivity index (χ1v) is 23.2. The second kappa shape index (κ2) is 18.6. The smallest absolute Gasteiger partial charge is 0.263 e. The van der Waals surface area contributed by atoms with E-state index in [1.54, 1.807) is 0 Å². The van der Waals surface area contributed by atoms with Crippen LogP contribution in [0, 0.1) is 0 Å². The highest BCUT2D eigenvalue weighted by molar-refractivity contribution is 6.54. The fourth-order valence-electron chi connectivity index (χ4n) is 9.07. The molecule has 1 aliphatic rings. The molecule has 0 atom stereocenters. The molecule has 0 bridgehead atoms. The van der Waals surface area contributed by atoms with Gasteiger partial charge in [0.25, 0.3) is 5.79 Å². The van der Waals surface area contributed by atoms with Gasteiger partial charge < -0.3 is 0 Å². The van der Waals surface area contributed by atoms with Gasteiger partial charge in [-0.15, -0.1) is 0 Å². The van der Waals surface area contributed by atoms with Crippen molar-refractivity contribution < 1.29 is 0 Å². The van der Waals surface area contributed by atoms with E-state index >= 15 is 0 Å². The summed E-state index contributed by atoms with van der Waals surface area (Å²) in [7, 11) is 0. The summed E-state index contributed by atoms with van der Waals surface area (Å²) in [5, 5.41) is 3.51. The summed E-state index contributed by atoms with van der Waals surface area (Å²) in [6.45, 7) is 0. The van der Waals surface area contributed by atoms with E-state index in [2.05, 4.69) is 120 Å². The van der Waals surface area contributed by atoms with Crippen molar-refractivity contribution in [1.29, 1.82) is 0 Å². The van der Waals surface area contributed by atoms with E-state index in [0.717, 1.165) is 61.7 Å². The van der Waals surface area contributed by atoms with Crippen LogP contribution in [-0.4, -0.2) is 26.0 Å². The minimum absolute atomic E-state index is 0.533. The molecule has 0 unspecified atom stereocenters. The van der Waals surface area contributed by atoms with Crippen LogP contribution in [0.25, 0.3) is 66.8 Å². The normalized spacial score (nSPS) is 12.9. The average molecular weight is 915 g/mol. The molecule has 324 valence electrons. The summed E-state index contributed by atoms with van der Waals surface area (Å²) < 4.78 is 2.13. The summed E-state index contributed by atoms with van der Waals surface area (Å²) in [6.07, 6.45) is 0. The van der Waals surface area contributed by atoms with Gasteiger partial charge in [-0.2, -0.15) is 0 Å². The second-order valence-corrected chi connectivity index (χ2v) is 17.1. The van der Waals surface area contributed by atoms with Gasteiger partial charge in [-0.1, -0.05) is 242 Å². The molecular weight excluding hydrogens is 874 g/mol. The molecule has 12 rings (SSSR count). The Labute approximate surface area is 405 Å². The molecule has 0 saturated heterocycles. The predicted molar refractivity (Wildman–Crippen MR) is 283 cm³/mol. The zero-order valence-electron chi connectivity index (χ0n) is 36.7. The molecule has 9 aromatic carbocycles. The molecule has 0 spiro atoms. The Morgan fingerprint density at radius 3 is 1.28 bits per heavy atom. The largest absolute Gasteiger partial charge is 0.275 e. The van der Waals surface area contributed by atoms with Crippen LogP contribution in [-0.2, 0) is 5.79 Å². The summed E-state index contributed by atoms with van der Waals surface area (Å²) in [4.78, 5) is 21.5. The molecule has 0 radical (unpaired) electrons. The number of aromatic nitrogens is 3. The van der Waals surface area contributed by atoms with Gasteiger partial charge in [0.15, 0.2) is 0 Å². The molecule has 5 nitrogen and oxygen atoms in total. The maximum absolute atomic E-state index is 7.18. The maximum atomic E-state index is 7.18. The first-order valence-electron chi connectivity index (χ1n) is 22.5. The highest BCUT2D eigenvalue weighted by atomic mass is 35.5. The van der Waals surface area contributed by atoms with Gasteiger partial charge in [-0.3, -0.25) is 4.57 Å². The van der Waals surface area contributed by atoms with Gasteiger partial charge in [0.2, 0.25) is 0 Å². The van der Waals surface area contributed by atoms with Crippen LogP contribution in [0.2, 0.25) is 10.0 Å². The van der Waals surface area contributed by atoms with Gasteiger partial charge in [-0.25, -0.2) is 20.0 Å². The number of hydrogen-bond donors (Lipinski definition) is 0. The van der Waals surface area contributed by atoms with Gasteiger partial charge in [0.05, 0.1) is 43.9 Å². The Balaban J connectivity index is 0.000000210. The molecule has 7 heteroatoms. The SMILES string of the molecule is Clc1ccccc1-c1nc(-c2ccccc2)c(-c2ccccc2)n1C1(c2ccccc2Cl)N=C(c2ccccc2)C(c2ccccc2)=N1.c1ccc(-c2c3ccccc3nc3ccccc23)cc1. The quantitative estimate of drug-likeness (QED) is 0.143. The molecule has 3 heterocycles. The first-order chi connectivity index (χ1) is 33.6. The number of imidazole rings is 1. The van der Waals surface area contributed by atoms with E-state index in [-0.39, 0.29) is 0 Å². The standard InChI is InChI=1S/C42H28Cl2N4.C19H13N/c43-35-27-15-13-25-33(35)41-45-39(31-21-9-3-10-22-31)40(32-23-11-4-12-24-32)48(41)42(34-26-14-16-28-36(34)44)46-37(29-17-5-1-6-18-29)38(47-42)30-19-7-2-8-20-30;1-2-8-14(9-3-1)19-15-10-4-6-12-17(15)20-18-13-7-5-11-16(18)19/h1-28H;1-13H. The molecule has 1 aliphatic heterocycles. The third-order valence-electron chi connectivity index (χ3n) is 12.1. The van der Waals surface area contributed by atoms with Crippen LogP contribution in [0.4, 0.5) is 0 Å². The number of aliphatic imine (C=N–C) groups is 2. The number of rotatable bonds is 8. The van der Waals surface area contributed by atoms with E-state index in [9.17, 15) is 0 Å². The molecule has 2 aromatic heterocycles. The van der Waals surface area contributed by atoms with Crippen molar-refractivity contribution in [3.8, 4) is 45.0 Å². The number of pyridine rings is 1. The molecule has 0 saturated carbocycles. The number of para-hydroxylation sites is 2. The van der Waals surface area contributed by atoms with Crippen molar-refractivity contribution in [2.45, 2.75) is 5.79 Å². The lowest BCUT2D eigenvalue weighted by atomic mass is 9.96. The summed E-state index contributed by atoms with van der Waals surface area (Å²) >= 11 is 14.2. The minimum atomic E-state index is -1.41. The van der Waals surface area contributed by atoms with Crippen molar-refractivity contribution in [3.63, 3.8) is 0 Å².